The first-order chi connectivity index (χ1) is 15.0. The Balaban J connectivity index is 1.57. The number of benzene rings is 1. The standard InChI is InChI=1S/C22H23FN8/c1-10-16-14(18(16)24)9-31(10)21-17-13-6-11(23)7-15(25-2)19(13)28-20(17)29-22(30-21)27-12-4-3-5-26-8-12/h3-8,10,14,16,18,25H,9,24H2,1-2H3,(H2,27,28,29,30)/t10-,14+,16?,18+/m1/s1. The molecule has 1 saturated heterocycles. The summed E-state index contributed by atoms with van der Waals surface area (Å²) in [4.78, 5) is 19.4. The molecule has 5 N–H and O–H groups in total. The van der Waals surface area contributed by atoms with Gasteiger partial charge >= 0.3 is 0 Å². The Bertz CT molecular complexity index is 1300. The third-order valence-corrected chi connectivity index (χ3v) is 6.71. The van der Waals surface area contributed by atoms with Crippen molar-refractivity contribution in [2.45, 2.75) is 19.0 Å². The number of nitrogens with zero attached hydrogens (tertiary/aromatic N) is 4. The van der Waals surface area contributed by atoms with Gasteiger partial charge in [0.25, 0.3) is 0 Å². The zero-order valence-electron chi connectivity index (χ0n) is 17.2. The molecule has 9 heteroatoms. The Hall–Kier alpha value is -3.46. The smallest absolute Gasteiger partial charge is 0.231 e. The highest BCUT2D eigenvalue weighted by Gasteiger charge is 2.58. The van der Waals surface area contributed by atoms with E-state index in [4.69, 9.17) is 15.7 Å². The van der Waals surface area contributed by atoms with Crippen LogP contribution in [0.5, 0.6) is 0 Å². The van der Waals surface area contributed by atoms with Gasteiger partial charge in [0.05, 0.1) is 28.5 Å². The first-order valence-electron chi connectivity index (χ1n) is 10.4. The summed E-state index contributed by atoms with van der Waals surface area (Å²) >= 11 is 0. The van der Waals surface area contributed by atoms with Gasteiger partial charge < -0.3 is 26.3 Å². The molecule has 1 aromatic carbocycles. The van der Waals surface area contributed by atoms with Crippen LogP contribution in [0.4, 0.5) is 27.5 Å². The monoisotopic (exact) mass is 418 g/mol. The predicted octanol–water partition coefficient (Wildman–Crippen LogP) is 3.21. The van der Waals surface area contributed by atoms with Crippen LogP contribution in [0.1, 0.15) is 6.92 Å². The van der Waals surface area contributed by atoms with Crippen LogP contribution in [0.3, 0.4) is 0 Å². The van der Waals surface area contributed by atoms with E-state index >= 15 is 0 Å². The molecule has 6 rings (SSSR count). The van der Waals surface area contributed by atoms with Crippen molar-refractivity contribution in [2.75, 3.05) is 29.1 Å². The maximum atomic E-state index is 14.4. The molecule has 158 valence electrons. The zero-order chi connectivity index (χ0) is 21.3. The Morgan fingerprint density at radius 2 is 2.16 bits per heavy atom. The highest BCUT2D eigenvalue weighted by Crippen LogP contribution is 2.51. The lowest BCUT2D eigenvalue weighted by atomic mass is 10.1. The van der Waals surface area contributed by atoms with Gasteiger partial charge in [-0.2, -0.15) is 9.97 Å². The van der Waals surface area contributed by atoms with Gasteiger partial charge in [-0.1, -0.05) is 0 Å². The maximum absolute atomic E-state index is 14.4. The summed E-state index contributed by atoms with van der Waals surface area (Å²) in [5.41, 5.74) is 9.17. The number of rotatable bonds is 4. The van der Waals surface area contributed by atoms with E-state index in [0.29, 0.717) is 29.1 Å². The van der Waals surface area contributed by atoms with E-state index in [1.54, 1.807) is 25.5 Å². The van der Waals surface area contributed by atoms with Gasteiger partial charge in [0.1, 0.15) is 17.3 Å². The lowest BCUT2D eigenvalue weighted by Gasteiger charge is -2.27. The number of anilines is 4. The minimum atomic E-state index is -0.305. The van der Waals surface area contributed by atoms with Crippen molar-refractivity contribution < 1.29 is 4.39 Å². The maximum Gasteiger partial charge on any atom is 0.231 e. The molecule has 4 aromatic rings. The molecule has 0 bridgehead atoms. The second-order valence-corrected chi connectivity index (χ2v) is 8.42. The number of hydrogen-bond donors (Lipinski definition) is 4. The van der Waals surface area contributed by atoms with E-state index in [9.17, 15) is 4.39 Å². The van der Waals surface area contributed by atoms with Crippen LogP contribution in [-0.4, -0.2) is 45.6 Å². The number of pyridine rings is 1. The Morgan fingerprint density at radius 3 is 2.87 bits per heavy atom. The van der Waals surface area contributed by atoms with E-state index in [1.807, 2.05) is 12.1 Å². The van der Waals surface area contributed by atoms with E-state index < -0.39 is 0 Å². The van der Waals surface area contributed by atoms with Crippen LogP contribution in [0.2, 0.25) is 0 Å². The van der Waals surface area contributed by atoms with Crippen molar-refractivity contribution in [3.63, 3.8) is 0 Å². The molecule has 2 aliphatic rings. The van der Waals surface area contributed by atoms with Crippen LogP contribution < -0.4 is 21.3 Å². The number of fused-ring (bicyclic) bond motifs is 4. The van der Waals surface area contributed by atoms with E-state index in [0.717, 1.165) is 34.3 Å². The molecule has 0 amide bonds. The topological polar surface area (TPSA) is 108 Å². The zero-order valence-corrected chi connectivity index (χ0v) is 17.2. The fraction of sp³-hybridized carbons (Fsp3) is 0.318. The molecule has 0 radical (unpaired) electrons. The van der Waals surface area contributed by atoms with E-state index in [1.165, 1.54) is 6.07 Å². The molecular weight excluding hydrogens is 395 g/mol. The molecular formula is C22H23FN8. The Labute approximate surface area is 178 Å². The van der Waals surface area contributed by atoms with Crippen LogP contribution >= 0.6 is 0 Å². The summed E-state index contributed by atoms with van der Waals surface area (Å²) in [6.07, 6.45) is 3.44. The molecule has 3 aromatic heterocycles. The number of halogens is 1. The number of hydrogen-bond acceptors (Lipinski definition) is 7. The van der Waals surface area contributed by atoms with E-state index in [-0.39, 0.29) is 17.9 Å². The van der Waals surface area contributed by atoms with Gasteiger partial charge in [0, 0.05) is 43.2 Å². The number of piperidine rings is 1. The second-order valence-electron chi connectivity index (χ2n) is 8.42. The highest BCUT2D eigenvalue weighted by molar-refractivity contribution is 6.15. The minimum absolute atomic E-state index is 0.256. The van der Waals surface area contributed by atoms with Gasteiger partial charge in [0.2, 0.25) is 5.95 Å². The largest absolute Gasteiger partial charge is 0.386 e. The lowest BCUT2D eigenvalue weighted by molar-refractivity contribution is 0.612. The average molecular weight is 418 g/mol. The van der Waals surface area contributed by atoms with Gasteiger partial charge in [-0.25, -0.2) is 4.39 Å². The quantitative estimate of drug-likeness (QED) is 0.403. The molecule has 4 atom stereocenters. The first kappa shape index (κ1) is 18.3. The first-order valence-corrected chi connectivity index (χ1v) is 10.4. The number of aromatic nitrogens is 4. The normalized spacial score (nSPS) is 24.6. The summed E-state index contributed by atoms with van der Waals surface area (Å²) < 4.78 is 14.4. The fourth-order valence-electron chi connectivity index (χ4n) is 5.10. The lowest BCUT2D eigenvalue weighted by Crippen LogP contribution is -2.36. The number of nitrogens with two attached hydrogens (primary N) is 1. The van der Waals surface area contributed by atoms with Crippen molar-refractivity contribution in [2.24, 2.45) is 17.6 Å². The van der Waals surface area contributed by atoms with Crippen LogP contribution in [0.15, 0.2) is 36.7 Å². The number of nitrogens with one attached hydrogen (secondary N) is 3. The van der Waals surface area contributed by atoms with Crippen LogP contribution in [0, 0.1) is 17.7 Å². The Morgan fingerprint density at radius 1 is 1.29 bits per heavy atom. The molecule has 31 heavy (non-hydrogen) atoms. The minimum Gasteiger partial charge on any atom is -0.386 e. The van der Waals surface area contributed by atoms with Gasteiger partial charge in [-0.15, -0.1) is 0 Å². The molecule has 8 nitrogen and oxygen atoms in total. The number of H-pyrrole nitrogens is 1. The Kier molecular flexibility index (Phi) is 3.85. The SMILES string of the molecule is CNc1cc(F)cc2c1[nH]c1nc(Nc3cccnc3)nc(N3C[C@H]4C([C@H]4N)[C@H]3C)c12. The summed E-state index contributed by atoms with van der Waals surface area (Å²) in [6, 6.07) is 7.30. The summed E-state index contributed by atoms with van der Waals surface area (Å²) in [5.74, 6) is 1.90. The molecule has 4 heterocycles. The molecule has 2 fully saturated rings. The van der Waals surface area contributed by atoms with Crippen molar-refractivity contribution in [3.8, 4) is 0 Å². The van der Waals surface area contributed by atoms with Crippen molar-refractivity contribution in [1.29, 1.82) is 0 Å². The molecule has 1 saturated carbocycles. The summed E-state index contributed by atoms with van der Waals surface area (Å²) in [6.45, 7) is 3.03. The van der Waals surface area contributed by atoms with Gasteiger partial charge in [0.15, 0.2) is 0 Å². The fourth-order valence-corrected chi connectivity index (χ4v) is 5.10. The number of aromatic amines is 1. The van der Waals surface area contributed by atoms with Crippen molar-refractivity contribution >= 4 is 45.1 Å². The van der Waals surface area contributed by atoms with Crippen LogP contribution in [0.25, 0.3) is 21.9 Å². The van der Waals surface area contributed by atoms with Gasteiger partial charge in [-0.05, 0) is 37.1 Å². The third kappa shape index (κ3) is 2.73. The van der Waals surface area contributed by atoms with Crippen molar-refractivity contribution in [1.82, 2.24) is 19.9 Å². The summed E-state index contributed by atoms with van der Waals surface area (Å²) in [7, 11) is 1.78. The van der Waals surface area contributed by atoms with Crippen LogP contribution in [-0.2, 0) is 0 Å². The predicted molar refractivity (Wildman–Crippen MR) is 120 cm³/mol. The third-order valence-electron chi connectivity index (χ3n) is 6.71. The highest BCUT2D eigenvalue weighted by atomic mass is 19.1. The van der Waals surface area contributed by atoms with E-state index in [2.05, 4.69) is 32.4 Å². The molecule has 1 unspecified atom stereocenters. The van der Waals surface area contributed by atoms with Crippen molar-refractivity contribution in [3.05, 3.63) is 42.5 Å². The second kappa shape index (κ2) is 6.52. The molecule has 0 spiro atoms. The molecule has 1 aliphatic carbocycles. The summed E-state index contributed by atoms with van der Waals surface area (Å²) in [5, 5.41) is 7.90. The molecule has 1 aliphatic heterocycles. The van der Waals surface area contributed by atoms with Gasteiger partial charge in [-0.3, -0.25) is 4.98 Å². The average Bonchev–Trinajstić information content (AvgIpc) is 3.07.